The Morgan fingerprint density at radius 2 is 1.73 bits per heavy atom. The zero-order valence-corrected chi connectivity index (χ0v) is 14.9. The van der Waals surface area contributed by atoms with Crippen LogP contribution in [-0.2, 0) is 32.3 Å². The number of ether oxygens (including phenoxy) is 2. The van der Waals surface area contributed by atoms with Crippen LogP contribution in [0.2, 0.25) is 0 Å². The van der Waals surface area contributed by atoms with E-state index < -0.39 is 5.97 Å². The SMILES string of the molecule is C#CCCCCC(=O)OCc1cnc(C)c(O)c1COC(=O)CCC#C. The Morgan fingerprint density at radius 1 is 1.08 bits per heavy atom. The molecule has 0 aromatic carbocycles. The van der Waals surface area contributed by atoms with Crippen molar-refractivity contribution in [2.45, 2.75) is 58.7 Å². The number of unbranched alkanes of at least 4 members (excludes halogenated alkanes) is 2. The van der Waals surface area contributed by atoms with Crippen LogP contribution in [0.5, 0.6) is 5.75 Å². The van der Waals surface area contributed by atoms with Crippen LogP contribution >= 0.6 is 0 Å². The van der Waals surface area contributed by atoms with Crippen LogP contribution in [0.4, 0.5) is 0 Å². The highest BCUT2D eigenvalue weighted by Gasteiger charge is 2.15. The average molecular weight is 357 g/mol. The summed E-state index contributed by atoms with van der Waals surface area (Å²) in [5.41, 5.74) is 1.24. The van der Waals surface area contributed by atoms with E-state index in [2.05, 4.69) is 16.8 Å². The first-order valence-electron chi connectivity index (χ1n) is 8.34. The van der Waals surface area contributed by atoms with Crippen LogP contribution in [0, 0.1) is 31.6 Å². The highest BCUT2D eigenvalue weighted by atomic mass is 16.5. The monoisotopic (exact) mass is 357 g/mol. The Kier molecular flexibility index (Phi) is 9.35. The number of terminal acetylenes is 2. The zero-order valence-electron chi connectivity index (χ0n) is 14.9. The van der Waals surface area contributed by atoms with Gasteiger partial charge in [-0.1, -0.05) is 0 Å². The normalized spacial score (nSPS) is 9.81. The molecule has 0 spiro atoms. The van der Waals surface area contributed by atoms with E-state index in [0.29, 0.717) is 29.7 Å². The lowest BCUT2D eigenvalue weighted by molar-refractivity contribution is -0.146. The summed E-state index contributed by atoms with van der Waals surface area (Å²) in [6, 6.07) is 0. The number of rotatable bonds is 10. The summed E-state index contributed by atoms with van der Waals surface area (Å²) in [7, 11) is 0. The van der Waals surface area contributed by atoms with E-state index in [-0.39, 0.29) is 44.2 Å². The van der Waals surface area contributed by atoms with Crippen molar-refractivity contribution >= 4 is 11.9 Å². The molecule has 1 aromatic rings. The summed E-state index contributed by atoms with van der Waals surface area (Å²) >= 11 is 0. The van der Waals surface area contributed by atoms with Gasteiger partial charge >= 0.3 is 11.9 Å². The minimum Gasteiger partial charge on any atom is -0.506 e. The number of nitrogens with zero attached hydrogens (tertiary/aromatic N) is 1. The number of hydrogen-bond acceptors (Lipinski definition) is 6. The van der Waals surface area contributed by atoms with Crippen molar-refractivity contribution in [3.63, 3.8) is 0 Å². The number of carbonyl (C=O) groups excluding carboxylic acids is 2. The van der Waals surface area contributed by atoms with Crippen LogP contribution in [-0.4, -0.2) is 22.0 Å². The highest BCUT2D eigenvalue weighted by molar-refractivity contribution is 5.70. The van der Waals surface area contributed by atoms with Crippen molar-refractivity contribution in [3.05, 3.63) is 23.0 Å². The predicted octanol–water partition coefficient (Wildman–Crippen LogP) is 2.79. The van der Waals surface area contributed by atoms with Gasteiger partial charge in [0.1, 0.15) is 19.0 Å². The molecule has 1 rings (SSSR count). The molecule has 0 saturated heterocycles. The smallest absolute Gasteiger partial charge is 0.307 e. The molecule has 0 radical (unpaired) electrons. The van der Waals surface area contributed by atoms with E-state index in [4.69, 9.17) is 22.3 Å². The number of aryl methyl sites for hydroxylation is 1. The minimum atomic E-state index is -0.465. The summed E-state index contributed by atoms with van der Waals surface area (Å²) in [6.07, 6.45) is 14.4. The third kappa shape index (κ3) is 7.27. The van der Waals surface area contributed by atoms with Crippen molar-refractivity contribution in [2.75, 3.05) is 0 Å². The first-order chi connectivity index (χ1) is 12.5. The third-order valence-electron chi connectivity index (χ3n) is 3.62. The zero-order chi connectivity index (χ0) is 19.4. The minimum absolute atomic E-state index is 0.0634. The van der Waals surface area contributed by atoms with Gasteiger partial charge in [0.25, 0.3) is 0 Å². The Labute approximate surface area is 153 Å². The molecule has 6 nitrogen and oxygen atoms in total. The van der Waals surface area contributed by atoms with Gasteiger partial charge in [0.2, 0.25) is 0 Å². The number of hydrogen-bond donors (Lipinski definition) is 1. The fraction of sp³-hybridized carbons (Fsp3) is 0.450. The molecule has 0 saturated carbocycles. The second kappa shape index (κ2) is 11.5. The fourth-order valence-electron chi connectivity index (χ4n) is 2.10. The Balaban J connectivity index is 2.66. The number of esters is 2. The maximum atomic E-state index is 11.8. The molecule has 0 unspecified atom stereocenters. The van der Waals surface area contributed by atoms with Crippen molar-refractivity contribution < 1.29 is 24.2 Å². The van der Waals surface area contributed by atoms with Crippen LogP contribution in [0.15, 0.2) is 6.20 Å². The molecule has 0 bridgehead atoms. The van der Waals surface area contributed by atoms with Gasteiger partial charge < -0.3 is 14.6 Å². The summed E-state index contributed by atoms with van der Waals surface area (Å²) in [4.78, 5) is 27.4. The molecule has 138 valence electrons. The Bertz CT molecular complexity index is 712. The van der Waals surface area contributed by atoms with Gasteiger partial charge in [0.05, 0.1) is 12.1 Å². The number of pyridine rings is 1. The molecular weight excluding hydrogens is 334 g/mol. The molecule has 0 aliphatic rings. The largest absolute Gasteiger partial charge is 0.506 e. The quantitative estimate of drug-likeness (QED) is 0.394. The van der Waals surface area contributed by atoms with E-state index in [0.717, 1.165) is 6.42 Å². The van der Waals surface area contributed by atoms with Gasteiger partial charge in [-0.15, -0.1) is 24.7 Å². The van der Waals surface area contributed by atoms with Gasteiger partial charge in [0, 0.05) is 36.6 Å². The van der Waals surface area contributed by atoms with Gasteiger partial charge in [-0.25, -0.2) is 0 Å². The topological polar surface area (TPSA) is 85.7 Å². The van der Waals surface area contributed by atoms with Gasteiger partial charge in [-0.3, -0.25) is 14.6 Å². The summed E-state index contributed by atoms with van der Waals surface area (Å²) < 4.78 is 10.3. The van der Waals surface area contributed by atoms with Crippen molar-refractivity contribution in [3.8, 4) is 30.4 Å². The molecule has 0 atom stereocenters. The number of carbonyl (C=O) groups is 2. The van der Waals surface area contributed by atoms with Crippen LogP contribution in [0.25, 0.3) is 0 Å². The lowest BCUT2D eigenvalue weighted by Gasteiger charge is -2.13. The van der Waals surface area contributed by atoms with Crippen molar-refractivity contribution in [1.29, 1.82) is 0 Å². The lowest BCUT2D eigenvalue weighted by atomic mass is 10.1. The molecular formula is C20H23NO5. The predicted molar refractivity (Wildman–Crippen MR) is 95.6 cm³/mol. The number of aromatic nitrogens is 1. The van der Waals surface area contributed by atoms with E-state index in [9.17, 15) is 14.7 Å². The van der Waals surface area contributed by atoms with Crippen LogP contribution in [0.3, 0.4) is 0 Å². The lowest BCUT2D eigenvalue weighted by Crippen LogP contribution is -2.10. The van der Waals surface area contributed by atoms with E-state index >= 15 is 0 Å². The first kappa shape index (κ1) is 21.1. The summed E-state index contributed by atoms with van der Waals surface area (Å²) in [6.45, 7) is 1.42. The maximum absolute atomic E-state index is 11.8. The fourth-order valence-corrected chi connectivity index (χ4v) is 2.10. The second-order valence-corrected chi connectivity index (χ2v) is 5.63. The van der Waals surface area contributed by atoms with Gasteiger partial charge in [0.15, 0.2) is 0 Å². The Morgan fingerprint density at radius 3 is 2.42 bits per heavy atom. The van der Waals surface area contributed by atoms with Gasteiger partial charge in [-0.05, 0) is 19.8 Å². The molecule has 26 heavy (non-hydrogen) atoms. The van der Waals surface area contributed by atoms with Crippen molar-refractivity contribution in [1.82, 2.24) is 4.98 Å². The van der Waals surface area contributed by atoms with Gasteiger partial charge in [-0.2, -0.15) is 0 Å². The third-order valence-corrected chi connectivity index (χ3v) is 3.62. The first-order valence-corrected chi connectivity index (χ1v) is 8.34. The molecule has 1 aromatic heterocycles. The molecule has 0 amide bonds. The van der Waals surface area contributed by atoms with Crippen molar-refractivity contribution in [2.24, 2.45) is 0 Å². The molecule has 0 fully saturated rings. The van der Waals surface area contributed by atoms with E-state index in [1.807, 2.05) is 0 Å². The van der Waals surface area contributed by atoms with E-state index in [1.54, 1.807) is 6.92 Å². The summed E-state index contributed by atoms with van der Waals surface area (Å²) in [5, 5.41) is 10.2. The molecule has 6 heteroatoms. The average Bonchev–Trinajstić information content (AvgIpc) is 2.63. The van der Waals surface area contributed by atoms with Crippen LogP contribution < -0.4 is 0 Å². The number of aromatic hydroxyl groups is 1. The Hall–Kier alpha value is -2.99. The maximum Gasteiger partial charge on any atom is 0.307 e. The standard InChI is InChI=1S/C20H23NO5/c1-4-6-8-9-11-19(23)25-13-16-12-21-15(3)20(24)17(16)14-26-18(22)10-7-5-2/h1-2,12,24H,6-11,13-14H2,3H3. The highest BCUT2D eigenvalue weighted by Crippen LogP contribution is 2.25. The van der Waals surface area contributed by atoms with E-state index in [1.165, 1.54) is 6.20 Å². The molecule has 0 aliphatic carbocycles. The van der Waals surface area contributed by atoms with Crippen LogP contribution in [0.1, 0.15) is 55.3 Å². The summed E-state index contributed by atoms with van der Waals surface area (Å²) in [5.74, 6) is 3.96. The molecule has 1 N–H and O–H groups in total. The second-order valence-electron chi connectivity index (χ2n) is 5.63. The molecule has 0 aliphatic heterocycles. The molecule has 1 heterocycles.